The molecule has 2 aliphatic heterocycles. The maximum absolute atomic E-state index is 6.07. The third-order valence-electron chi connectivity index (χ3n) is 4.28. The van der Waals surface area contributed by atoms with Crippen molar-refractivity contribution in [3.05, 3.63) is 11.9 Å². The number of hydrogen-bond acceptors (Lipinski definition) is 7. The molecule has 6 nitrogen and oxygen atoms in total. The Kier molecular flexibility index (Phi) is 4.09. The van der Waals surface area contributed by atoms with Crippen LogP contribution >= 0.6 is 11.7 Å². The second kappa shape index (κ2) is 5.80. The van der Waals surface area contributed by atoms with E-state index >= 15 is 0 Å². The van der Waals surface area contributed by atoms with Crippen molar-refractivity contribution in [2.75, 3.05) is 19.8 Å². The lowest BCUT2D eigenvalue weighted by Gasteiger charge is -2.44. The molecule has 0 saturated carbocycles. The number of aromatic nitrogens is 2. The molecular weight excluding hydrogens is 264 g/mol. The molecule has 2 saturated heterocycles. The van der Waals surface area contributed by atoms with E-state index in [9.17, 15) is 0 Å². The Hall–Kier alpha value is -0.600. The van der Waals surface area contributed by atoms with Crippen LogP contribution in [-0.4, -0.2) is 34.2 Å². The van der Waals surface area contributed by atoms with Gasteiger partial charge in [-0.25, -0.2) is 0 Å². The molecule has 0 amide bonds. The molecule has 3 rings (SSSR count). The Morgan fingerprint density at radius 1 is 1.42 bits per heavy atom. The van der Waals surface area contributed by atoms with Crippen LogP contribution < -0.4 is 11.3 Å². The molecule has 1 aromatic heterocycles. The molecule has 7 heteroatoms. The van der Waals surface area contributed by atoms with E-state index in [-0.39, 0.29) is 11.6 Å². The van der Waals surface area contributed by atoms with Gasteiger partial charge >= 0.3 is 0 Å². The summed E-state index contributed by atoms with van der Waals surface area (Å²) < 4.78 is 19.9. The summed E-state index contributed by atoms with van der Waals surface area (Å²) in [7, 11) is 0. The number of rotatable bonds is 3. The maximum atomic E-state index is 6.07. The molecular formula is C12H20N4O2S. The highest BCUT2D eigenvalue weighted by molar-refractivity contribution is 6.99. The van der Waals surface area contributed by atoms with Crippen LogP contribution in [0.5, 0.6) is 0 Å². The summed E-state index contributed by atoms with van der Waals surface area (Å²) in [6, 6.07) is 0.0716. The average Bonchev–Trinajstić information content (AvgIpc) is 2.95. The molecule has 2 unspecified atom stereocenters. The van der Waals surface area contributed by atoms with Crippen molar-refractivity contribution in [1.29, 1.82) is 0 Å². The lowest BCUT2D eigenvalue weighted by molar-refractivity contribution is -0.150. The van der Waals surface area contributed by atoms with Crippen LogP contribution in [0, 0.1) is 5.92 Å². The number of nitrogens with two attached hydrogens (primary N) is 1. The average molecular weight is 284 g/mol. The van der Waals surface area contributed by atoms with E-state index in [1.807, 2.05) is 0 Å². The van der Waals surface area contributed by atoms with Gasteiger partial charge in [0.1, 0.15) is 0 Å². The van der Waals surface area contributed by atoms with Crippen LogP contribution in [0.15, 0.2) is 6.20 Å². The molecule has 1 aromatic rings. The Balaban J connectivity index is 1.73. The van der Waals surface area contributed by atoms with Crippen LogP contribution in [0.3, 0.4) is 0 Å². The lowest BCUT2D eigenvalue weighted by Crippen LogP contribution is -2.47. The fourth-order valence-corrected chi connectivity index (χ4v) is 3.67. The van der Waals surface area contributed by atoms with Gasteiger partial charge in [0.25, 0.3) is 0 Å². The van der Waals surface area contributed by atoms with Gasteiger partial charge in [0.15, 0.2) is 0 Å². The quantitative estimate of drug-likeness (QED) is 0.637. The van der Waals surface area contributed by atoms with Crippen molar-refractivity contribution in [3.8, 4) is 0 Å². The molecule has 2 fully saturated rings. The molecule has 0 radical (unpaired) electrons. The van der Waals surface area contributed by atoms with Gasteiger partial charge in [-0.15, -0.1) is 0 Å². The molecule has 0 aliphatic carbocycles. The zero-order valence-corrected chi connectivity index (χ0v) is 11.7. The van der Waals surface area contributed by atoms with Gasteiger partial charge in [-0.2, -0.15) is 8.75 Å². The lowest BCUT2D eigenvalue weighted by atomic mass is 9.77. The summed E-state index contributed by atoms with van der Waals surface area (Å²) in [4.78, 5) is 0. The summed E-state index contributed by atoms with van der Waals surface area (Å²) in [6.07, 6.45) is 5.80. The van der Waals surface area contributed by atoms with Crippen LogP contribution in [0.2, 0.25) is 0 Å². The predicted octanol–water partition coefficient (Wildman–Crippen LogP) is 1.02. The smallest absolute Gasteiger partial charge is 0.0928 e. The highest BCUT2D eigenvalue weighted by Gasteiger charge is 2.41. The highest BCUT2D eigenvalue weighted by atomic mass is 32.1. The molecule has 19 heavy (non-hydrogen) atoms. The minimum Gasteiger partial charge on any atom is -0.381 e. The molecule has 2 aliphatic rings. The van der Waals surface area contributed by atoms with E-state index in [1.165, 1.54) is 11.7 Å². The van der Waals surface area contributed by atoms with Gasteiger partial charge in [-0.05, 0) is 31.6 Å². The first-order valence-electron chi connectivity index (χ1n) is 6.78. The van der Waals surface area contributed by atoms with Crippen molar-refractivity contribution in [2.45, 2.75) is 37.3 Å². The number of nitrogens with one attached hydrogen (secondary N) is 1. The Bertz CT molecular complexity index is 389. The third kappa shape index (κ3) is 2.80. The van der Waals surface area contributed by atoms with Gasteiger partial charge < -0.3 is 9.47 Å². The maximum Gasteiger partial charge on any atom is 0.0928 e. The van der Waals surface area contributed by atoms with Crippen LogP contribution in [0.25, 0.3) is 0 Å². The summed E-state index contributed by atoms with van der Waals surface area (Å²) in [5.74, 6) is 6.18. The van der Waals surface area contributed by atoms with Gasteiger partial charge in [-0.1, -0.05) is 0 Å². The predicted molar refractivity (Wildman–Crippen MR) is 71.4 cm³/mol. The van der Waals surface area contributed by atoms with E-state index in [4.69, 9.17) is 15.3 Å². The van der Waals surface area contributed by atoms with Gasteiger partial charge in [0.2, 0.25) is 0 Å². The third-order valence-corrected chi connectivity index (χ3v) is 4.78. The molecule has 1 spiro atoms. The fourth-order valence-electron chi connectivity index (χ4n) is 3.21. The van der Waals surface area contributed by atoms with E-state index in [2.05, 4.69) is 14.2 Å². The molecule has 2 atom stereocenters. The molecule has 3 heterocycles. The van der Waals surface area contributed by atoms with Crippen molar-refractivity contribution < 1.29 is 9.47 Å². The summed E-state index contributed by atoms with van der Waals surface area (Å²) in [5.41, 5.74) is 3.85. The second-order valence-corrected chi connectivity index (χ2v) is 5.93. The van der Waals surface area contributed by atoms with Crippen LogP contribution in [0.1, 0.15) is 37.4 Å². The van der Waals surface area contributed by atoms with Gasteiger partial charge in [-0.3, -0.25) is 11.3 Å². The number of hydrazine groups is 1. The molecule has 0 aromatic carbocycles. The summed E-state index contributed by atoms with van der Waals surface area (Å²) in [5, 5.41) is 0. The SMILES string of the molecule is NNC(c1cnsn1)C1CCOC2(CCOCC2)C1. The first kappa shape index (κ1) is 13.4. The Morgan fingerprint density at radius 3 is 2.95 bits per heavy atom. The molecule has 3 N–H and O–H groups in total. The highest BCUT2D eigenvalue weighted by Crippen LogP contribution is 2.41. The van der Waals surface area contributed by atoms with Crippen molar-refractivity contribution in [2.24, 2.45) is 11.8 Å². The number of hydrogen-bond donors (Lipinski definition) is 2. The first-order chi connectivity index (χ1) is 9.33. The Morgan fingerprint density at radius 2 is 2.26 bits per heavy atom. The number of ether oxygens (including phenoxy) is 2. The molecule has 106 valence electrons. The summed E-state index contributed by atoms with van der Waals surface area (Å²) in [6.45, 7) is 2.39. The zero-order valence-electron chi connectivity index (χ0n) is 10.9. The monoisotopic (exact) mass is 284 g/mol. The van der Waals surface area contributed by atoms with Crippen LogP contribution in [0.4, 0.5) is 0 Å². The topological polar surface area (TPSA) is 82.3 Å². The standard InChI is InChI=1S/C12H20N4O2S/c13-15-11(10-8-14-19-16-10)9-1-4-18-12(7-9)2-5-17-6-3-12/h8-9,11,15H,1-7,13H2. The van der Waals surface area contributed by atoms with Crippen LogP contribution in [-0.2, 0) is 9.47 Å². The van der Waals surface area contributed by atoms with Crippen molar-refractivity contribution in [3.63, 3.8) is 0 Å². The van der Waals surface area contributed by atoms with E-state index in [0.717, 1.165) is 51.2 Å². The minimum atomic E-state index is -0.0142. The minimum absolute atomic E-state index is 0.0142. The molecule has 0 bridgehead atoms. The van der Waals surface area contributed by atoms with Gasteiger partial charge in [0.05, 0.1) is 35.3 Å². The zero-order chi connectivity index (χ0) is 13.1. The van der Waals surface area contributed by atoms with Crippen molar-refractivity contribution in [1.82, 2.24) is 14.2 Å². The van der Waals surface area contributed by atoms with E-state index in [1.54, 1.807) is 6.20 Å². The fraction of sp³-hybridized carbons (Fsp3) is 0.833. The first-order valence-corrected chi connectivity index (χ1v) is 7.51. The van der Waals surface area contributed by atoms with Gasteiger partial charge in [0, 0.05) is 19.8 Å². The Labute approximate surface area is 117 Å². The number of nitrogens with zero attached hydrogens (tertiary/aromatic N) is 2. The largest absolute Gasteiger partial charge is 0.381 e. The van der Waals surface area contributed by atoms with E-state index < -0.39 is 0 Å². The second-order valence-electron chi connectivity index (χ2n) is 5.37. The van der Waals surface area contributed by atoms with Crippen molar-refractivity contribution >= 4 is 11.7 Å². The normalized spacial score (nSPS) is 28.4. The van der Waals surface area contributed by atoms with E-state index in [0.29, 0.717) is 5.92 Å². The summed E-state index contributed by atoms with van der Waals surface area (Å²) >= 11 is 1.23.